The van der Waals surface area contributed by atoms with E-state index in [1.165, 1.54) is 57.6 Å². The molecule has 0 fully saturated rings. The summed E-state index contributed by atoms with van der Waals surface area (Å²) >= 11 is 3.03. The van der Waals surface area contributed by atoms with Crippen LogP contribution in [-0.4, -0.2) is 29.0 Å². The average molecular weight is 415 g/mol. The lowest BCUT2D eigenvalue weighted by molar-refractivity contribution is 0.232. The van der Waals surface area contributed by atoms with Crippen LogP contribution in [-0.2, 0) is 38.6 Å². The minimum atomic E-state index is -0.141. The fraction of sp³-hybridized carbons (Fsp3) is 0.524. The summed E-state index contributed by atoms with van der Waals surface area (Å²) in [6, 6.07) is 2.77. The van der Waals surface area contributed by atoms with Gasteiger partial charge in [0.25, 0.3) is 0 Å². The van der Waals surface area contributed by atoms with Crippen molar-refractivity contribution < 1.29 is 4.79 Å². The first-order valence-electron chi connectivity index (χ1n) is 10.2. The van der Waals surface area contributed by atoms with Crippen molar-refractivity contribution in [3.05, 3.63) is 38.9 Å². The molecule has 5 nitrogen and oxygen atoms in total. The van der Waals surface area contributed by atoms with Gasteiger partial charge in [-0.25, -0.2) is 9.78 Å². The lowest BCUT2D eigenvalue weighted by Gasteiger charge is -2.28. The smallest absolute Gasteiger partial charge is 0.307 e. The number of carbonyl (C=O) groups excluding carboxylic acids is 1. The van der Waals surface area contributed by atoms with Gasteiger partial charge >= 0.3 is 6.03 Å². The Kier molecular flexibility index (Phi) is 4.85. The maximum atomic E-state index is 12.7. The van der Waals surface area contributed by atoms with Crippen molar-refractivity contribution >= 4 is 35.0 Å². The Morgan fingerprint density at radius 2 is 1.93 bits per heavy atom. The summed E-state index contributed by atoms with van der Waals surface area (Å²) in [5.74, 6) is 0. The van der Waals surface area contributed by atoms with Crippen molar-refractivity contribution in [2.75, 3.05) is 12.4 Å². The van der Waals surface area contributed by atoms with Crippen LogP contribution in [0.25, 0.3) is 0 Å². The largest absolute Gasteiger partial charge is 0.329 e. The molecule has 2 amide bonds. The third-order valence-corrected chi connectivity index (χ3v) is 8.27. The highest BCUT2D eigenvalue weighted by Crippen LogP contribution is 2.38. The van der Waals surface area contributed by atoms with E-state index in [0.717, 1.165) is 48.7 Å². The summed E-state index contributed by atoms with van der Waals surface area (Å²) in [4.78, 5) is 21.1. The SMILES string of the molecule is C[C@H]1Cc2nc(SNC(=O)Nc3c4c(cc5c3CCC5)CCC4)sc2CN1C. The van der Waals surface area contributed by atoms with Crippen LogP contribution in [0.2, 0.25) is 0 Å². The highest BCUT2D eigenvalue weighted by Gasteiger charge is 2.26. The number of nitrogens with zero attached hydrogens (tertiary/aromatic N) is 2. The van der Waals surface area contributed by atoms with Crippen molar-refractivity contribution in [2.45, 2.75) is 68.8 Å². The fourth-order valence-electron chi connectivity index (χ4n) is 4.70. The Labute approximate surface area is 174 Å². The number of amides is 2. The first-order chi connectivity index (χ1) is 13.6. The number of aromatic nitrogens is 1. The molecular weight excluding hydrogens is 388 g/mol. The average Bonchev–Trinajstić information content (AvgIpc) is 3.39. The number of hydrogen-bond donors (Lipinski definition) is 2. The molecular formula is C21H26N4OS2. The number of carbonyl (C=O) groups is 1. The van der Waals surface area contributed by atoms with Crippen LogP contribution in [0.3, 0.4) is 0 Å². The molecule has 1 aliphatic heterocycles. The third kappa shape index (κ3) is 3.33. The second kappa shape index (κ2) is 7.35. The van der Waals surface area contributed by atoms with Gasteiger partial charge in [0.05, 0.1) is 5.69 Å². The molecule has 28 heavy (non-hydrogen) atoms. The van der Waals surface area contributed by atoms with Crippen LogP contribution in [0.15, 0.2) is 10.4 Å². The molecule has 1 aromatic heterocycles. The van der Waals surface area contributed by atoms with E-state index in [1.807, 2.05) is 0 Å². The van der Waals surface area contributed by atoms with Crippen molar-refractivity contribution in [1.29, 1.82) is 0 Å². The first-order valence-corrected chi connectivity index (χ1v) is 11.8. The van der Waals surface area contributed by atoms with E-state index >= 15 is 0 Å². The van der Waals surface area contributed by atoms with E-state index in [1.54, 1.807) is 11.3 Å². The summed E-state index contributed by atoms with van der Waals surface area (Å²) in [6.07, 6.45) is 7.82. The van der Waals surface area contributed by atoms with E-state index in [2.05, 4.69) is 35.0 Å². The molecule has 2 heterocycles. The number of rotatable bonds is 3. The standard InChI is InChI=1S/C21H26N4OS2/c1-12-9-17-18(11-25(12)2)27-21(22-17)28-24-20(26)23-19-15-7-3-5-13(15)10-14-6-4-8-16(14)19/h10,12H,3-9,11H2,1-2H3,(H2,23,24,26)/t12-/m0/s1. The quantitative estimate of drug-likeness (QED) is 0.734. The molecule has 0 spiro atoms. The number of anilines is 1. The summed E-state index contributed by atoms with van der Waals surface area (Å²) in [6.45, 7) is 3.18. The van der Waals surface area contributed by atoms with Gasteiger partial charge < -0.3 is 5.32 Å². The van der Waals surface area contributed by atoms with Crippen molar-refractivity contribution in [3.63, 3.8) is 0 Å². The Bertz CT molecular complexity index is 879. The molecule has 0 bridgehead atoms. The van der Waals surface area contributed by atoms with Gasteiger partial charge in [0.2, 0.25) is 0 Å². The lowest BCUT2D eigenvalue weighted by Crippen LogP contribution is -2.34. The molecule has 7 heteroatoms. The van der Waals surface area contributed by atoms with Gasteiger partial charge in [-0.2, -0.15) is 0 Å². The Hall–Kier alpha value is -1.57. The van der Waals surface area contributed by atoms with Crippen LogP contribution in [0.4, 0.5) is 10.5 Å². The molecule has 0 radical (unpaired) electrons. The monoisotopic (exact) mass is 414 g/mol. The lowest BCUT2D eigenvalue weighted by atomic mass is 9.99. The second-order valence-corrected chi connectivity index (χ2v) is 10.3. The van der Waals surface area contributed by atoms with Gasteiger partial charge in [-0.05, 0) is 74.8 Å². The van der Waals surface area contributed by atoms with Crippen molar-refractivity contribution in [3.8, 4) is 0 Å². The number of fused-ring (bicyclic) bond motifs is 3. The van der Waals surface area contributed by atoms with Crippen LogP contribution in [0, 0.1) is 0 Å². The number of thiazole rings is 1. The zero-order chi connectivity index (χ0) is 19.3. The predicted molar refractivity (Wildman–Crippen MR) is 115 cm³/mol. The number of nitrogens with one attached hydrogen (secondary N) is 2. The van der Waals surface area contributed by atoms with Gasteiger partial charge in [0.15, 0.2) is 4.34 Å². The van der Waals surface area contributed by atoms with Crippen molar-refractivity contribution in [2.24, 2.45) is 0 Å². The number of urea groups is 1. The van der Waals surface area contributed by atoms with Gasteiger partial charge in [0.1, 0.15) is 0 Å². The summed E-state index contributed by atoms with van der Waals surface area (Å²) in [5, 5.41) is 3.19. The summed E-state index contributed by atoms with van der Waals surface area (Å²) in [5.41, 5.74) is 7.89. The van der Waals surface area contributed by atoms with Crippen LogP contribution in [0.5, 0.6) is 0 Å². The van der Waals surface area contributed by atoms with E-state index < -0.39 is 0 Å². The van der Waals surface area contributed by atoms with E-state index in [0.29, 0.717) is 6.04 Å². The van der Waals surface area contributed by atoms with E-state index in [4.69, 9.17) is 4.98 Å². The zero-order valence-electron chi connectivity index (χ0n) is 16.4. The molecule has 5 rings (SSSR count). The highest BCUT2D eigenvalue weighted by atomic mass is 32.2. The normalized spacial score (nSPS) is 20.6. The van der Waals surface area contributed by atoms with Gasteiger partial charge in [-0.1, -0.05) is 6.07 Å². The number of likely N-dealkylation sites (N-methyl/N-ethyl adjacent to an activating group) is 1. The number of hydrogen-bond acceptors (Lipinski definition) is 5. The Morgan fingerprint density at radius 3 is 2.64 bits per heavy atom. The number of benzene rings is 1. The van der Waals surface area contributed by atoms with Crippen LogP contribution >= 0.6 is 23.3 Å². The summed E-state index contributed by atoms with van der Waals surface area (Å²) in [7, 11) is 2.16. The molecule has 1 aromatic carbocycles. The molecule has 0 unspecified atom stereocenters. The zero-order valence-corrected chi connectivity index (χ0v) is 18.1. The topological polar surface area (TPSA) is 57.3 Å². The third-order valence-electron chi connectivity index (χ3n) is 6.34. The van der Waals surface area contributed by atoms with Crippen molar-refractivity contribution in [1.82, 2.24) is 14.6 Å². The predicted octanol–water partition coefficient (Wildman–Crippen LogP) is 4.33. The van der Waals surface area contributed by atoms with E-state index in [-0.39, 0.29) is 6.03 Å². The molecule has 148 valence electrons. The molecule has 0 saturated heterocycles. The molecule has 0 saturated carbocycles. The van der Waals surface area contributed by atoms with Crippen LogP contribution < -0.4 is 10.0 Å². The van der Waals surface area contributed by atoms with Crippen LogP contribution in [0.1, 0.15) is 52.6 Å². The summed E-state index contributed by atoms with van der Waals surface area (Å²) < 4.78 is 3.88. The molecule has 2 aliphatic carbocycles. The maximum absolute atomic E-state index is 12.7. The molecule has 2 aromatic rings. The maximum Gasteiger partial charge on any atom is 0.329 e. The molecule has 2 N–H and O–H groups in total. The second-order valence-electron chi connectivity index (χ2n) is 8.21. The van der Waals surface area contributed by atoms with Gasteiger partial charge in [0, 0.05) is 41.5 Å². The van der Waals surface area contributed by atoms with Gasteiger partial charge in [-0.3, -0.25) is 9.62 Å². The Morgan fingerprint density at radius 1 is 1.21 bits per heavy atom. The fourth-order valence-corrected chi connectivity index (χ4v) is 6.56. The Balaban J connectivity index is 1.28. The minimum absolute atomic E-state index is 0.141. The molecule has 1 atom stereocenters. The van der Waals surface area contributed by atoms with Gasteiger partial charge in [-0.15, -0.1) is 11.3 Å². The highest BCUT2D eigenvalue weighted by molar-refractivity contribution is 7.99. The number of aryl methyl sites for hydroxylation is 2. The minimum Gasteiger partial charge on any atom is -0.307 e. The molecule has 3 aliphatic rings. The van der Waals surface area contributed by atoms with E-state index in [9.17, 15) is 4.79 Å². The first kappa shape index (κ1) is 18.5.